The summed E-state index contributed by atoms with van der Waals surface area (Å²) in [7, 11) is -4.20. The molecule has 4 N–H and O–H groups in total. The van der Waals surface area contributed by atoms with Crippen LogP contribution in [-0.2, 0) is 23.0 Å². The molecule has 0 saturated carbocycles. The molecule has 0 heterocycles. The number of aliphatic hydroxyl groups excluding tert-OH is 1. The maximum atomic E-state index is 10.8. The second kappa shape index (κ2) is 5.58. The Morgan fingerprint density at radius 3 is 2.58 bits per heavy atom. The number of rotatable bonds is 4. The fourth-order valence-electron chi connectivity index (χ4n) is 2.70. The van der Waals surface area contributed by atoms with Crippen molar-refractivity contribution in [2.75, 3.05) is 5.75 Å². The van der Waals surface area contributed by atoms with Crippen LogP contribution in [0.2, 0.25) is 0 Å². The fourth-order valence-corrected chi connectivity index (χ4v) is 3.35. The van der Waals surface area contributed by atoms with E-state index >= 15 is 0 Å². The molecule has 1 aliphatic carbocycles. The van der Waals surface area contributed by atoms with E-state index in [2.05, 4.69) is 6.07 Å². The van der Waals surface area contributed by atoms with Gasteiger partial charge in [-0.2, -0.15) is 8.42 Å². The van der Waals surface area contributed by atoms with Crippen LogP contribution in [0.3, 0.4) is 0 Å². The summed E-state index contributed by atoms with van der Waals surface area (Å²) in [4.78, 5) is 0. The van der Waals surface area contributed by atoms with Crippen LogP contribution >= 0.6 is 0 Å². The first-order valence-corrected chi connectivity index (χ1v) is 7.93. The van der Waals surface area contributed by atoms with Gasteiger partial charge in [0.2, 0.25) is 0 Å². The summed E-state index contributed by atoms with van der Waals surface area (Å²) in [6.45, 7) is 0. The summed E-state index contributed by atoms with van der Waals surface area (Å²) in [5, 5.41) is 9.79. The van der Waals surface area contributed by atoms with Crippen molar-refractivity contribution in [1.29, 1.82) is 0 Å². The van der Waals surface area contributed by atoms with Gasteiger partial charge >= 0.3 is 0 Å². The van der Waals surface area contributed by atoms with Crippen LogP contribution in [0.4, 0.5) is 0 Å². The summed E-state index contributed by atoms with van der Waals surface area (Å²) in [6, 6.07) is 7.41. The third-order valence-corrected chi connectivity index (χ3v) is 4.52. The van der Waals surface area contributed by atoms with E-state index in [4.69, 9.17) is 10.3 Å². The molecule has 3 unspecified atom stereocenters. The Morgan fingerprint density at radius 1 is 1.32 bits per heavy atom. The summed E-state index contributed by atoms with van der Waals surface area (Å²) < 4.78 is 30.3. The SMILES string of the molecule is NC(C(O)CS(=O)(=O)O)C1CCc2ccccc2C1. The minimum atomic E-state index is -4.20. The molecule has 2 rings (SSSR count). The van der Waals surface area contributed by atoms with Crippen LogP contribution in [0.5, 0.6) is 0 Å². The van der Waals surface area contributed by atoms with Gasteiger partial charge in [0.15, 0.2) is 0 Å². The van der Waals surface area contributed by atoms with Crippen molar-refractivity contribution in [3.8, 4) is 0 Å². The molecule has 0 saturated heterocycles. The van der Waals surface area contributed by atoms with Crippen molar-refractivity contribution >= 4 is 10.1 Å². The van der Waals surface area contributed by atoms with Gasteiger partial charge in [-0.15, -0.1) is 0 Å². The predicted molar refractivity (Wildman–Crippen MR) is 72.4 cm³/mol. The maximum absolute atomic E-state index is 10.8. The van der Waals surface area contributed by atoms with E-state index in [0.29, 0.717) is 0 Å². The normalized spacial score (nSPS) is 22.6. The van der Waals surface area contributed by atoms with Crippen LogP contribution in [0, 0.1) is 5.92 Å². The number of benzene rings is 1. The first-order valence-electron chi connectivity index (χ1n) is 6.32. The standard InChI is InChI=1S/C13H19NO4S/c14-13(12(15)8-19(16,17)18)11-6-5-9-3-1-2-4-10(9)7-11/h1-4,11-13,15H,5-8,14H2,(H,16,17,18). The van der Waals surface area contributed by atoms with Gasteiger partial charge in [-0.3, -0.25) is 4.55 Å². The van der Waals surface area contributed by atoms with Crippen molar-refractivity contribution in [3.05, 3.63) is 35.4 Å². The predicted octanol–water partition coefficient (Wildman–Crippen LogP) is 0.368. The zero-order chi connectivity index (χ0) is 14.0. The summed E-state index contributed by atoms with van der Waals surface area (Å²) >= 11 is 0. The lowest BCUT2D eigenvalue weighted by Gasteiger charge is -2.31. The smallest absolute Gasteiger partial charge is 0.267 e. The molecule has 0 aromatic heterocycles. The molecule has 0 fully saturated rings. The molecule has 0 bridgehead atoms. The molecule has 6 heteroatoms. The van der Waals surface area contributed by atoms with Crippen molar-refractivity contribution in [2.45, 2.75) is 31.4 Å². The van der Waals surface area contributed by atoms with Crippen LogP contribution in [0.25, 0.3) is 0 Å². The number of aryl methyl sites for hydroxylation is 1. The lowest BCUT2D eigenvalue weighted by Crippen LogP contribution is -2.46. The number of hydrogen-bond donors (Lipinski definition) is 3. The van der Waals surface area contributed by atoms with Crippen LogP contribution < -0.4 is 5.73 Å². The minimum absolute atomic E-state index is 0.0339. The molecule has 106 valence electrons. The van der Waals surface area contributed by atoms with Gasteiger partial charge in [0.1, 0.15) is 5.75 Å². The van der Waals surface area contributed by atoms with Gasteiger partial charge in [-0.1, -0.05) is 24.3 Å². The van der Waals surface area contributed by atoms with Crippen molar-refractivity contribution in [3.63, 3.8) is 0 Å². The Kier molecular flexibility index (Phi) is 4.25. The lowest BCUT2D eigenvalue weighted by atomic mass is 9.79. The molecular weight excluding hydrogens is 266 g/mol. The highest BCUT2D eigenvalue weighted by Crippen LogP contribution is 2.28. The van der Waals surface area contributed by atoms with E-state index in [9.17, 15) is 13.5 Å². The van der Waals surface area contributed by atoms with E-state index in [1.54, 1.807) is 0 Å². The second-order valence-corrected chi connectivity index (χ2v) is 6.66. The molecule has 1 aromatic rings. The van der Waals surface area contributed by atoms with Crippen LogP contribution in [-0.4, -0.2) is 36.0 Å². The topological polar surface area (TPSA) is 101 Å². The Morgan fingerprint density at radius 2 is 1.95 bits per heavy atom. The summed E-state index contributed by atoms with van der Waals surface area (Å²) in [5.41, 5.74) is 8.42. The third kappa shape index (κ3) is 3.76. The van der Waals surface area contributed by atoms with Gasteiger partial charge < -0.3 is 10.8 Å². The van der Waals surface area contributed by atoms with E-state index in [0.717, 1.165) is 19.3 Å². The van der Waals surface area contributed by atoms with Gasteiger partial charge in [0.05, 0.1) is 6.10 Å². The highest BCUT2D eigenvalue weighted by Gasteiger charge is 2.30. The molecule has 0 aliphatic heterocycles. The first-order chi connectivity index (χ1) is 8.87. The maximum Gasteiger partial charge on any atom is 0.267 e. The molecular formula is C13H19NO4S. The summed E-state index contributed by atoms with van der Waals surface area (Å²) in [5.74, 6) is -0.668. The van der Waals surface area contributed by atoms with Gasteiger partial charge in [-0.25, -0.2) is 0 Å². The van der Waals surface area contributed by atoms with Crippen molar-refractivity contribution < 1.29 is 18.1 Å². The number of nitrogens with two attached hydrogens (primary N) is 1. The average Bonchev–Trinajstić information content (AvgIpc) is 2.35. The number of fused-ring (bicyclic) bond motifs is 1. The van der Waals surface area contributed by atoms with Crippen molar-refractivity contribution in [2.24, 2.45) is 11.7 Å². The highest BCUT2D eigenvalue weighted by molar-refractivity contribution is 7.85. The zero-order valence-corrected chi connectivity index (χ0v) is 11.4. The van der Waals surface area contributed by atoms with Crippen LogP contribution in [0.15, 0.2) is 24.3 Å². The fraction of sp³-hybridized carbons (Fsp3) is 0.538. The molecule has 3 atom stereocenters. The lowest BCUT2D eigenvalue weighted by molar-refractivity contribution is 0.129. The first kappa shape index (κ1) is 14.5. The minimum Gasteiger partial charge on any atom is -0.390 e. The quantitative estimate of drug-likeness (QED) is 0.694. The van der Waals surface area contributed by atoms with E-state index in [-0.39, 0.29) is 5.92 Å². The zero-order valence-electron chi connectivity index (χ0n) is 10.6. The Balaban J connectivity index is 2.04. The van der Waals surface area contributed by atoms with Crippen molar-refractivity contribution in [1.82, 2.24) is 0 Å². The number of aliphatic hydroxyl groups is 1. The molecule has 0 amide bonds. The Labute approximate surface area is 113 Å². The van der Waals surface area contributed by atoms with E-state index in [1.807, 2.05) is 18.2 Å². The highest BCUT2D eigenvalue weighted by atomic mass is 32.2. The van der Waals surface area contributed by atoms with E-state index in [1.165, 1.54) is 11.1 Å². The molecule has 1 aliphatic rings. The molecule has 5 nitrogen and oxygen atoms in total. The average molecular weight is 285 g/mol. The van der Waals surface area contributed by atoms with Gasteiger partial charge in [-0.05, 0) is 36.3 Å². The second-order valence-electron chi connectivity index (χ2n) is 5.16. The summed E-state index contributed by atoms with van der Waals surface area (Å²) in [6.07, 6.45) is 1.21. The monoisotopic (exact) mass is 285 g/mol. The molecule has 0 spiro atoms. The Hall–Kier alpha value is -0.950. The van der Waals surface area contributed by atoms with Crippen LogP contribution in [0.1, 0.15) is 17.5 Å². The number of hydrogen-bond acceptors (Lipinski definition) is 4. The Bertz CT molecular complexity index is 543. The van der Waals surface area contributed by atoms with Gasteiger partial charge in [0, 0.05) is 6.04 Å². The molecule has 19 heavy (non-hydrogen) atoms. The molecule has 0 radical (unpaired) electrons. The third-order valence-electron chi connectivity index (χ3n) is 3.75. The largest absolute Gasteiger partial charge is 0.390 e. The molecule has 1 aromatic carbocycles. The van der Waals surface area contributed by atoms with Gasteiger partial charge in [0.25, 0.3) is 10.1 Å². The van der Waals surface area contributed by atoms with E-state index < -0.39 is 28.0 Å².